The lowest BCUT2D eigenvalue weighted by Crippen LogP contribution is -2.55. The van der Waals surface area contributed by atoms with Gasteiger partial charge in [0.1, 0.15) is 59.3 Å². The number of ether oxygens (including phenoxy) is 2. The summed E-state index contributed by atoms with van der Waals surface area (Å²) in [7, 11) is 0. The standard InChI is InChI=1S/C26H28O15/c27-6-14-19(33)22(36)23(37)25(40-14)17-20(34)15-10(30)4-12(7-1-2-8(28)9(29)3-7)39-24(15)16(21(17)35)13-5-11(31)18(32)26(38)41-13/h1-4,11,13-14,18-19,22-23,25-29,31-38H,5-6H2/t11?,13?,14-,18?,19-,22+,23-,25+,26?/m1/s1. The molecular formula is C26H28O15. The number of fused-ring (bicyclic) bond motifs is 1. The molecule has 222 valence electrons. The molecule has 2 aliphatic heterocycles. The Bertz CT molecular complexity index is 1510. The van der Waals surface area contributed by atoms with Gasteiger partial charge in [-0.2, -0.15) is 0 Å². The molecule has 3 aromatic rings. The van der Waals surface area contributed by atoms with Gasteiger partial charge in [0.15, 0.2) is 28.8 Å². The molecule has 0 amide bonds. The second kappa shape index (κ2) is 10.7. The normalized spacial score (nSPS) is 32.3. The van der Waals surface area contributed by atoms with Crippen LogP contribution >= 0.6 is 0 Å². The van der Waals surface area contributed by atoms with Crippen LogP contribution in [0.15, 0.2) is 33.5 Å². The highest BCUT2D eigenvalue weighted by molar-refractivity contribution is 5.91. The van der Waals surface area contributed by atoms with Crippen LogP contribution in [-0.2, 0) is 9.47 Å². The van der Waals surface area contributed by atoms with Crippen LogP contribution in [0.2, 0.25) is 0 Å². The first-order chi connectivity index (χ1) is 19.3. The van der Waals surface area contributed by atoms with E-state index >= 15 is 0 Å². The molecule has 2 aromatic carbocycles. The molecule has 4 unspecified atom stereocenters. The monoisotopic (exact) mass is 580 g/mol. The molecule has 2 aliphatic rings. The zero-order valence-electron chi connectivity index (χ0n) is 21.0. The molecule has 0 radical (unpaired) electrons. The smallest absolute Gasteiger partial charge is 0.197 e. The minimum absolute atomic E-state index is 0.0855. The Labute approximate surface area is 229 Å². The molecule has 2 saturated heterocycles. The molecule has 0 bridgehead atoms. The first-order valence-electron chi connectivity index (χ1n) is 12.4. The topological polar surface area (TPSA) is 271 Å². The number of aliphatic hydroxyl groups is 7. The van der Waals surface area contributed by atoms with E-state index in [0.717, 1.165) is 18.2 Å². The Balaban J connectivity index is 1.79. The maximum atomic E-state index is 13.4. The van der Waals surface area contributed by atoms with Gasteiger partial charge >= 0.3 is 0 Å². The quantitative estimate of drug-likeness (QED) is 0.153. The summed E-state index contributed by atoms with van der Waals surface area (Å²) in [5, 5.41) is 113. The number of benzene rings is 2. The van der Waals surface area contributed by atoms with Crippen molar-refractivity contribution in [1.29, 1.82) is 0 Å². The lowest BCUT2D eigenvalue weighted by Gasteiger charge is -2.41. The summed E-state index contributed by atoms with van der Waals surface area (Å²) in [5.41, 5.74) is -2.44. The van der Waals surface area contributed by atoms with Crippen LogP contribution in [0, 0.1) is 0 Å². The SMILES string of the molecule is O=c1cc(-c2ccc(O)c(O)c2)oc2c(C3CC(O)C(O)C(O)O3)c(O)c([C@@H]3O[C@H](CO)[C@@H](O)[C@H](O)[C@H]3O)c(O)c12. The number of phenolic OH excluding ortho intramolecular Hbond substituents is 4. The van der Waals surface area contributed by atoms with Gasteiger partial charge in [0.25, 0.3) is 0 Å². The lowest BCUT2D eigenvalue weighted by atomic mass is 9.86. The molecule has 15 heteroatoms. The van der Waals surface area contributed by atoms with Crippen molar-refractivity contribution in [1.82, 2.24) is 0 Å². The van der Waals surface area contributed by atoms with E-state index in [2.05, 4.69) is 0 Å². The van der Waals surface area contributed by atoms with Crippen molar-refractivity contribution in [2.24, 2.45) is 0 Å². The fourth-order valence-electron chi connectivity index (χ4n) is 5.17. The highest BCUT2D eigenvalue weighted by Crippen LogP contribution is 2.50. The molecule has 0 saturated carbocycles. The van der Waals surface area contributed by atoms with Gasteiger partial charge in [0.05, 0.1) is 29.9 Å². The van der Waals surface area contributed by atoms with Gasteiger partial charge < -0.3 is 70.1 Å². The summed E-state index contributed by atoms with van der Waals surface area (Å²) in [6, 6.07) is 4.40. The molecule has 0 spiro atoms. The van der Waals surface area contributed by atoms with Crippen LogP contribution in [0.5, 0.6) is 23.0 Å². The number of aromatic hydroxyl groups is 4. The van der Waals surface area contributed by atoms with E-state index in [-0.39, 0.29) is 11.3 Å². The molecule has 0 aliphatic carbocycles. The van der Waals surface area contributed by atoms with Crippen molar-refractivity contribution in [3.63, 3.8) is 0 Å². The van der Waals surface area contributed by atoms with Crippen molar-refractivity contribution in [2.45, 2.75) is 61.5 Å². The second-order valence-electron chi connectivity index (χ2n) is 9.97. The Morgan fingerprint density at radius 3 is 2.12 bits per heavy atom. The van der Waals surface area contributed by atoms with Crippen molar-refractivity contribution in [2.75, 3.05) is 6.61 Å². The Morgan fingerprint density at radius 1 is 0.780 bits per heavy atom. The van der Waals surface area contributed by atoms with Crippen LogP contribution in [0.4, 0.5) is 0 Å². The Morgan fingerprint density at radius 2 is 1.49 bits per heavy atom. The summed E-state index contributed by atoms with van der Waals surface area (Å²) in [6.07, 6.45) is -16.2. The van der Waals surface area contributed by atoms with E-state index in [1.54, 1.807) is 0 Å². The maximum Gasteiger partial charge on any atom is 0.197 e. The van der Waals surface area contributed by atoms with E-state index in [4.69, 9.17) is 13.9 Å². The van der Waals surface area contributed by atoms with Gasteiger partial charge in [-0.3, -0.25) is 4.79 Å². The first kappa shape index (κ1) is 29.0. The van der Waals surface area contributed by atoms with Crippen LogP contribution in [0.1, 0.15) is 29.8 Å². The molecule has 9 atom stereocenters. The summed E-state index contributed by atoms with van der Waals surface area (Å²) >= 11 is 0. The van der Waals surface area contributed by atoms with Crippen LogP contribution in [0.3, 0.4) is 0 Å². The van der Waals surface area contributed by atoms with Crippen LogP contribution in [0.25, 0.3) is 22.3 Å². The zero-order chi connectivity index (χ0) is 29.9. The highest BCUT2D eigenvalue weighted by atomic mass is 16.6. The van der Waals surface area contributed by atoms with Crippen LogP contribution in [-0.4, -0.2) is 106 Å². The van der Waals surface area contributed by atoms with E-state index in [1.807, 2.05) is 0 Å². The predicted molar refractivity (Wildman–Crippen MR) is 134 cm³/mol. The van der Waals surface area contributed by atoms with Gasteiger partial charge in [-0.05, 0) is 18.2 Å². The Hall–Kier alpha value is -3.51. The lowest BCUT2D eigenvalue weighted by molar-refractivity contribution is -0.249. The van der Waals surface area contributed by atoms with Gasteiger partial charge in [-0.15, -0.1) is 0 Å². The summed E-state index contributed by atoms with van der Waals surface area (Å²) in [6.45, 7) is -0.837. The zero-order valence-corrected chi connectivity index (χ0v) is 21.0. The predicted octanol–water partition coefficient (Wildman–Crippen LogP) is -1.70. The van der Waals surface area contributed by atoms with Crippen LogP contribution < -0.4 is 5.43 Å². The van der Waals surface area contributed by atoms with E-state index in [0.29, 0.717) is 0 Å². The fourth-order valence-corrected chi connectivity index (χ4v) is 5.17. The van der Waals surface area contributed by atoms with Gasteiger partial charge in [0, 0.05) is 18.1 Å². The number of hydrogen-bond acceptors (Lipinski definition) is 15. The number of hydrogen-bond donors (Lipinski definition) is 11. The molecule has 3 heterocycles. The van der Waals surface area contributed by atoms with Gasteiger partial charge in [-0.25, -0.2) is 0 Å². The first-order valence-corrected chi connectivity index (χ1v) is 12.4. The fraction of sp³-hybridized carbons (Fsp3) is 0.423. The average molecular weight is 580 g/mol. The summed E-state index contributed by atoms with van der Waals surface area (Å²) in [4.78, 5) is 13.4. The van der Waals surface area contributed by atoms with E-state index in [1.165, 1.54) is 6.07 Å². The molecule has 2 fully saturated rings. The van der Waals surface area contributed by atoms with Crippen molar-refractivity contribution in [3.8, 4) is 34.3 Å². The number of rotatable bonds is 4. The molecule has 11 N–H and O–H groups in total. The number of phenols is 4. The molecule has 41 heavy (non-hydrogen) atoms. The third kappa shape index (κ3) is 4.76. The second-order valence-corrected chi connectivity index (χ2v) is 9.97. The minimum Gasteiger partial charge on any atom is -0.507 e. The number of aliphatic hydroxyl groups excluding tert-OH is 7. The van der Waals surface area contributed by atoms with Gasteiger partial charge in [-0.1, -0.05) is 0 Å². The molecule has 15 nitrogen and oxygen atoms in total. The largest absolute Gasteiger partial charge is 0.507 e. The van der Waals surface area contributed by atoms with Gasteiger partial charge in [0.2, 0.25) is 0 Å². The Kier molecular flexibility index (Phi) is 7.58. The molecule has 1 aromatic heterocycles. The maximum absolute atomic E-state index is 13.4. The third-order valence-electron chi connectivity index (χ3n) is 7.40. The summed E-state index contributed by atoms with van der Waals surface area (Å²) < 4.78 is 16.7. The molecular weight excluding hydrogens is 552 g/mol. The average Bonchev–Trinajstić information content (AvgIpc) is 2.92. The highest BCUT2D eigenvalue weighted by Gasteiger charge is 2.48. The van der Waals surface area contributed by atoms with Crippen molar-refractivity contribution >= 4 is 11.0 Å². The minimum atomic E-state index is -1.99. The van der Waals surface area contributed by atoms with Crippen molar-refractivity contribution < 1.29 is 70.1 Å². The summed E-state index contributed by atoms with van der Waals surface area (Å²) in [5.74, 6) is -3.11. The third-order valence-corrected chi connectivity index (χ3v) is 7.40. The molecule has 5 rings (SSSR count). The van der Waals surface area contributed by atoms with Crippen molar-refractivity contribution in [3.05, 3.63) is 45.6 Å². The van der Waals surface area contributed by atoms with E-state index in [9.17, 15) is 61.0 Å². The van der Waals surface area contributed by atoms with E-state index < -0.39 is 119 Å².